The number of anilines is 2. The summed E-state index contributed by atoms with van der Waals surface area (Å²) in [6, 6.07) is 1.78. The van der Waals surface area contributed by atoms with Crippen molar-refractivity contribution in [2.75, 3.05) is 17.7 Å². The molecule has 0 saturated carbocycles. The maximum Gasteiger partial charge on any atom is 0.134 e. The Bertz CT molecular complexity index is 483. The van der Waals surface area contributed by atoms with Crippen LogP contribution in [0.5, 0.6) is 0 Å². The predicted octanol–water partition coefficient (Wildman–Crippen LogP) is 1.71. The molecule has 2 aromatic rings. The third kappa shape index (κ3) is 2.91. The molecule has 5 nitrogen and oxygen atoms in total. The Kier molecular flexibility index (Phi) is 3.53. The average Bonchev–Trinajstić information content (AvgIpc) is 2.81. The van der Waals surface area contributed by atoms with Crippen LogP contribution in [0.4, 0.5) is 11.6 Å². The van der Waals surface area contributed by atoms with Gasteiger partial charge in [-0.05, 0) is 0 Å². The summed E-state index contributed by atoms with van der Waals surface area (Å²) in [4.78, 5) is 14.9. The summed E-state index contributed by atoms with van der Waals surface area (Å²) in [5, 5.41) is 2.03. The molecule has 2 N–H and O–H groups in total. The van der Waals surface area contributed by atoms with Crippen molar-refractivity contribution in [2.45, 2.75) is 19.9 Å². The minimum absolute atomic E-state index is 0.511. The molecule has 0 bridgehead atoms. The fourth-order valence-electron chi connectivity index (χ4n) is 1.50. The molecule has 2 rings (SSSR count). The van der Waals surface area contributed by atoms with Crippen LogP contribution in [0.15, 0.2) is 17.0 Å². The van der Waals surface area contributed by atoms with E-state index in [1.54, 1.807) is 17.4 Å². The average molecular weight is 249 g/mol. The van der Waals surface area contributed by atoms with E-state index in [1.807, 2.05) is 29.8 Å². The van der Waals surface area contributed by atoms with E-state index in [1.165, 1.54) is 0 Å². The van der Waals surface area contributed by atoms with Crippen molar-refractivity contribution < 1.29 is 0 Å². The highest BCUT2D eigenvalue weighted by molar-refractivity contribution is 7.07. The SMILES string of the molecule is CCc1nc(N)cc(N(C)Cc2cscn2)n1. The molecule has 0 aromatic carbocycles. The first-order chi connectivity index (χ1) is 8.19. The minimum Gasteiger partial charge on any atom is -0.384 e. The second-order valence-electron chi connectivity index (χ2n) is 3.76. The van der Waals surface area contributed by atoms with Gasteiger partial charge in [0.25, 0.3) is 0 Å². The molecule has 0 fully saturated rings. The van der Waals surface area contributed by atoms with Gasteiger partial charge in [-0.25, -0.2) is 15.0 Å². The highest BCUT2D eigenvalue weighted by Gasteiger charge is 2.07. The summed E-state index contributed by atoms with van der Waals surface area (Å²) in [6.45, 7) is 2.74. The first-order valence-electron chi connectivity index (χ1n) is 5.40. The summed E-state index contributed by atoms with van der Waals surface area (Å²) in [5.41, 5.74) is 8.62. The van der Waals surface area contributed by atoms with E-state index >= 15 is 0 Å². The number of nitrogens with two attached hydrogens (primary N) is 1. The van der Waals surface area contributed by atoms with Crippen molar-refractivity contribution >= 4 is 23.0 Å². The summed E-state index contributed by atoms with van der Waals surface area (Å²) >= 11 is 1.59. The second-order valence-corrected chi connectivity index (χ2v) is 4.48. The van der Waals surface area contributed by atoms with Crippen molar-refractivity contribution in [2.24, 2.45) is 0 Å². The summed E-state index contributed by atoms with van der Waals surface area (Å²) in [6.07, 6.45) is 0.780. The third-order valence-corrected chi connectivity index (χ3v) is 3.00. The molecule has 2 heterocycles. The van der Waals surface area contributed by atoms with E-state index < -0.39 is 0 Å². The molecular weight excluding hydrogens is 234 g/mol. The van der Waals surface area contributed by atoms with Crippen LogP contribution in [-0.4, -0.2) is 22.0 Å². The largest absolute Gasteiger partial charge is 0.384 e. The van der Waals surface area contributed by atoms with Gasteiger partial charge in [0.05, 0.1) is 17.7 Å². The fourth-order valence-corrected chi connectivity index (χ4v) is 2.05. The Morgan fingerprint density at radius 2 is 2.24 bits per heavy atom. The predicted molar refractivity (Wildman–Crippen MR) is 70.0 cm³/mol. The highest BCUT2D eigenvalue weighted by atomic mass is 32.1. The number of nitrogens with zero attached hydrogens (tertiary/aromatic N) is 4. The van der Waals surface area contributed by atoms with Gasteiger partial charge in [0, 0.05) is 24.9 Å². The quantitative estimate of drug-likeness (QED) is 0.893. The summed E-state index contributed by atoms with van der Waals surface area (Å²) in [7, 11) is 1.97. The van der Waals surface area contributed by atoms with Crippen LogP contribution in [-0.2, 0) is 13.0 Å². The van der Waals surface area contributed by atoms with Crippen LogP contribution in [0, 0.1) is 0 Å². The molecule has 0 aliphatic heterocycles. The lowest BCUT2D eigenvalue weighted by molar-refractivity contribution is 0.847. The lowest BCUT2D eigenvalue weighted by Gasteiger charge is -2.17. The standard InChI is InChI=1S/C11H15N5S/c1-3-10-14-9(12)4-11(15-10)16(2)5-8-6-17-7-13-8/h4,6-7H,3,5H2,1-2H3,(H2,12,14,15). The Morgan fingerprint density at radius 1 is 1.41 bits per heavy atom. The molecule has 0 spiro atoms. The molecule has 17 heavy (non-hydrogen) atoms. The Hall–Kier alpha value is -1.69. The van der Waals surface area contributed by atoms with Crippen molar-refractivity contribution in [1.82, 2.24) is 15.0 Å². The number of aryl methyl sites for hydroxylation is 1. The van der Waals surface area contributed by atoms with Gasteiger partial charge in [0.2, 0.25) is 0 Å². The number of thiazole rings is 1. The maximum atomic E-state index is 5.75. The smallest absolute Gasteiger partial charge is 0.134 e. The van der Waals surface area contributed by atoms with Gasteiger partial charge in [0.15, 0.2) is 0 Å². The van der Waals surface area contributed by atoms with Crippen LogP contribution in [0.1, 0.15) is 18.4 Å². The molecule has 0 saturated heterocycles. The summed E-state index contributed by atoms with van der Waals surface area (Å²) < 4.78 is 0. The molecule has 0 aliphatic carbocycles. The van der Waals surface area contributed by atoms with E-state index in [4.69, 9.17) is 5.73 Å². The monoisotopic (exact) mass is 249 g/mol. The van der Waals surface area contributed by atoms with E-state index in [0.717, 1.165) is 30.3 Å². The van der Waals surface area contributed by atoms with Crippen molar-refractivity contribution in [3.8, 4) is 0 Å². The lowest BCUT2D eigenvalue weighted by atomic mass is 10.4. The molecule has 0 atom stereocenters. The first-order valence-corrected chi connectivity index (χ1v) is 6.35. The van der Waals surface area contributed by atoms with E-state index in [0.29, 0.717) is 5.82 Å². The van der Waals surface area contributed by atoms with Gasteiger partial charge in [-0.1, -0.05) is 6.92 Å². The number of rotatable bonds is 4. The van der Waals surface area contributed by atoms with Gasteiger partial charge < -0.3 is 10.6 Å². The maximum absolute atomic E-state index is 5.75. The fraction of sp³-hybridized carbons (Fsp3) is 0.364. The van der Waals surface area contributed by atoms with Crippen LogP contribution in [0.3, 0.4) is 0 Å². The Morgan fingerprint density at radius 3 is 2.88 bits per heavy atom. The zero-order valence-corrected chi connectivity index (χ0v) is 10.7. The topological polar surface area (TPSA) is 67.9 Å². The molecule has 0 unspecified atom stereocenters. The number of hydrogen-bond donors (Lipinski definition) is 1. The van der Waals surface area contributed by atoms with Gasteiger partial charge >= 0.3 is 0 Å². The number of nitrogen functional groups attached to an aromatic ring is 1. The normalized spacial score (nSPS) is 10.5. The van der Waals surface area contributed by atoms with Crippen LogP contribution < -0.4 is 10.6 Å². The van der Waals surface area contributed by atoms with Gasteiger partial charge in [-0.2, -0.15) is 0 Å². The minimum atomic E-state index is 0.511. The molecule has 90 valence electrons. The van der Waals surface area contributed by atoms with Crippen molar-refractivity contribution in [3.05, 3.63) is 28.5 Å². The van der Waals surface area contributed by atoms with Crippen LogP contribution in [0.25, 0.3) is 0 Å². The summed E-state index contributed by atoms with van der Waals surface area (Å²) in [5.74, 6) is 2.12. The number of aromatic nitrogens is 3. The van der Waals surface area contributed by atoms with Crippen molar-refractivity contribution in [3.63, 3.8) is 0 Å². The zero-order chi connectivity index (χ0) is 12.3. The zero-order valence-electron chi connectivity index (χ0n) is 9.92. The molecular formula is C11H15N5S. The highest BCUT2D eigenvalue weighted by Crippen LogP contribution is 2.15. The van der Waals surface area contributed by atoms with E-state index in [2.05, 4.69) is 15.0 Å². The molecule has 2 aromatic heterocycles. The van der Waals surface area contributed by atoms with Crippen molar-refractivity contribution in [1.29, 1.82) is 0 Å². The second kappa shape index (κ2) is 5.09. The van der Waals surface area contributed by atoms with E-state index in [-0.39, 0.29) is 0 Å². The van der Waals surface area contributed by atoms with Crippen LogP contribution >= 0.6 is 11.3 Å². The molecule has 0 amide bonds. The molecule has 0 radical (unpaired) electrons. The molecule has 6 heteroatoms. The molecule has 0 aliphatic rings. The van der Waals surface area contributed by atoms with Gasteiger partial charge in [0.1, 0.15) is 17.5 Å². The van der Waals surface area contributed by atoms with E-state index in [9.17, 15) is 0 Å². The van der Waals surface area contributed by atoms with Gasteiger partial charge in [-0.15, -0.1) is 11.3 Å². The first kappa shape index (κ1) is 11.8. The Balaban J connectivity index is 2.18. The van der Waals surface area contributed by atoms with Gasteiger partial charge in [-0.3, -0.25) is 0 Å². The number of hydrogen-bond acceptors (Lipinski definition) is 6. The third-order valence-electron chi connectivity index (χ3n) is 2.37. The lowest BCUT2D eigenvalue weighted by Crippen LogP contribution is -2.19. The Labute approximate surface area is 104 Å². The van der Waals surface area contributed by atoms with Crippen LogP contribution in [0.2, 0.25) is 0 Å².